The van der Waals surface area contributed by atoms with E-state index in [1.807, 2.05) is 38.3 Å². The fourth-order valence-corrected chi connectivity index (χ4v) is 6.68. The molecule has 37 heavy (non-hydrogen) atoms. The number of amides is 1. The number of carbonyl (C=O) groups is 1. The van der Waals surface area contributed by atoms with Crippen LogP contribution >= 0.6 is 0 Å². The molecule has 1 aromatic carbocycles. The van der Waals surface area contributed by atoms with Crippen LogP contribution in [0.1, 0.15) is 31.0 Å². The number of cyclic esters (lactones) is 1. The van der Waals surface area contributed by atoms with E-state index in [9.17, 15) is 4.79 Å². The Morgan fingerprint density at radius 2 is 2.08 bits per heavy atom. The summed E-state index contributed by atoms with van der Waals surface area (Å²) in [6, 6.07) is 5.05. The van der Waals surface area contributed by atoms with Crippen molar-refractivity contribution in [1.82, 2.24) is 15.5 Å². The van der Waals surface area contributed by atoms with Crippen LogP contribution in [0.5, 0.6) is 0 Å². The molecule has 2 fully saturated rings. The number of ether oxygens (including phenoxy) is 2. The fraction of sp³-hybridized carbons (Fsp3) is 0.462. The van der Waals surface area contributed by atoms with E-state index >= 15 is 4.39 Å². The van der Waals surface area contributed by atoms with Crippen molar-refractivity contribution in [2.45, 2.75) is 44.6 Å². The molecule has 0 saturated carbocycles. The Morgan fingerprint density at radius 1 is 1.24 bits per heavy atom. The maximum atomic E-state index is 16.3. The maximum absolute atomic E-state index is 16.3. The predicted octanol–water partition coefficient (Wildman–Crippen LogP) is 3.22. The molecule has 1 amide bonds. The molecule has 1 unspecified atom stereocenters. The van der Waals surface area contributed by atoms with Gasteiger partial charge in [0.15, 0.2) is 11.6 Å². The average molecular weight is 507 g/mol. The molecule has 4 aliphatic rings. The average Bonchev–Trinajstić information content (AvgIpc) is 3.47. The smallest absolute Gasteiger partial charge is 0.416 e. The number of anilines is 2. The lowest BCUT2D eigenvalue weighted by molar-refractivity contribution is -0.0522. The second kappa shape index (κ2) is 8.22. The third kappa shape index (κ3) is 3.30. The van der Waals surface area contributed by atoms with Gasteiger partial charge in [-0.05, 0) is 49.6 Å². The van der Waals surface area contributed by atoms with E-state index in [2.05, 4.69) is 25.3 Å². The van der Waals surface area contributed by atoms with Crippen molar-refractivity contribution in [2.75, 3.05) is 36.2 Å². The van der Waals surface area contributed by atoms with Crippen molar-refractivity contribution in [2.24, 2.45) is 10.4 Å². The van der Waals surface area contributed by atoms with Gasteiger partial charge in [-0.1, -0.05) is 5.16 Å². The number of nitrogens with zero attached hydrogens (tertiary/aromatic N) is 5. The molecule has 0 radical (unpaired) electrons. The molecule has 5 atom stereocenters. The third-order valence-corrected chi connectivity index (χ3v) is 8.01. The number of aromatic nitrogens is 2. The molecule has 7 rings (SSSR count). The zero-order valence-corrected chi connectivity index (χ0v) is 20.6. The lowest BCUT2D eigenvalue weighted by atomic mass is 9.68. The number of pyridine rings is 1. The van der Waals surface area contributed by atoms with Gasteiger partial charge in [0.25, 0.3) is 0 Å². The first-order chi connectivity index (χ1) is 18.0. The minimum atomic E-state index is -0.550. The van der Waals surface area contributed by atoms with Crippen LogP contribution in [0.15, 0.2) is 40.1 Å². The largest absolute Gasteiger partial charge is 0.447 e. The van der Waals surface area contributed by atoms with Gasteiger partial charge in [0.1, 0.15) is 12.6 Å². The van der Waals surface area contributed by atoms with Gasteiger partial charge in [-0.3, -0.25) is 15.3 Å². The predicted molar refractivity (Wildman–Crippen MR) is 133 cm³/mol. The first-order valence-corrected chi connectivity index (χ1v) is 12.6. The Balaban J connectivity index is 1.39. The van der Waals surface area contributed by atoms with Crippen LogP contribution in [0, 0.1) is 11.2 Å². The first kappa shape index (κ1) is 22.6. The number of fused-ring (bicyclic) bond motifs is 5. The topological polar surface area (TPSA) is 105 Å². The van der Waals surface area contributed by atoms with Gasteiger partial charge in [-0.25, -0.2) is 14.1 Å². The number of halogens is 1. The Labute approximate surface area is 212 Å². The molecule has 10 nitrogen and oxygen atoms in total. The molecule has 192 valence electrons. The number of hydrogen-bond donors (Lipinski definition) is 1. The van der Waals surface area contributed by atoms with Crippen LogP contribution < -0.4 is 15.1 Å². The van der Waals surface area contributed by atoms with E-state index in [-0.39, 0.29) is 41.7 Å². The molecule has 1 spiro atoms. The van der Waals surface area contributed by atoms with Gasteiger partial charge < -0.3 is 18.9 Å². The van der Waals surface area contributed by atoms with E-state index in [0.29, 0.717) is 37.3 Å². The quantitative estimate of drug-likeness (QED) is 0.565. The van der Waals surface area contributed by atoms with Gasteiger partial charge in [0, 0.05) is 37.1 Å². The van der Waals surface area contributed by atoms with Crippen molar-refractivity contribution < 1.29 is 23.2 Å². The molecule has 6 heterocycles. The van der Waals surface area contributed by atoms with Gasteiger partial charge in [0.2, 0.25) is 5.58 Å². The highest BCUT2D eigenvalue weighted by atomic mass is 19.1. The fourth-order valence-electron chi connectivity index (χ4n) is 6.68. The van der Waals surface area contributed by atoms with Crippen molar-refractivity contribution in [3.05, 3.63) is 47.5 Å². The maximum Gasteiger partial charge on any atom is 0.416 e. The minimum absolute atomic E-state index is 0.0267. The van der Waals surface area contributed by atoms with E-state index in [0.717, 1.165) is 11.1 Å². The zero-order chi connectivity index (χ0) is 25.3. The minimum Gasteiger partial charge on any atom is -0.447 e. The summed E-state index contributed by atoms with van der Waals surface area (Å²) >= 11 is 0. The highest BCUT2D eigenvalue weighted by molar-refractivity contribution is 6.01. The molecule has 3 aromatic rings. The number of aliphatic imine (C=N–C) groups is 1. The lowest BCUT2D eigenvalue weighted by Crippen LogP contribution is -2.67. The first-order valence-electron chi connectivity index (χ1n) is 12.6. The highest BCUT2D eigenvalue weighted by Crippen LogP contribution is 2.49. The monoisotopic (exact) mass is 506 g/mol. The summed E-state index contributed by atoms with van der Waals surface area (Å²) in [5.74, 6) is -0.225. The highest BCUT2D eigenvalue weighted by Gasteiger charge is 2.53. The molecule has 11 heteroatoms. The molecule has 2 saturated heterocycles. The molecular weight excluding hydrogens is 479 g/mol. The van der Waals surface area contributed by atoms with Crippen molar-refractivity contribution in [3.63, 3.8) is 0 Å². The van der Waals surface area contributed by atoms with Crippen LogP contribution in [-0.4, -0.2) is 67.1 Å². The summed E-state index contributed by atoms with van der Waals surface area (Å²) in [5, 5.41) is 8.02. The second-order valence-electron chi connectivity index (χ2n) is 10.4. The standard InChI is InChI=1S/C26H27FN6O4/c1-14-9-32-21-17(8-26(11-29-13-30-12-26)23(32)15(2)36-14)7-18-22(20(21)27)37-31-24(18)33-19(10-35-25(33)34)16-3-5-28-6-4-16/h3-7,11,14-15,19,23,30H,8-10,12-13H2,1-2H3/t14-,15+,19-,23-,26?/m1/s1. The van der Waals surface area contributed by atoms with E-state index in [1.54, 1.807) is 12.4 Å². The molecular formula is C26H27FN6O4. The molecule has 1 N–H and O–H groups in total. The van der Waals surface area contributed by atoms with E-state index in [1.165, 1.54) is 4.90 Å². The normalized spacial score (nSPS) is 31.1. The zero-order valence-electron chi connectivity index (χ0n) is 20.6. The summed E-state index contributed by atoms with van der Waals surface area (Å²) in [6.45, 7) is 6.01. The summed E-state index contributed by atoms with van der Waals surface area (Å²) in [4.78, 5) is 25.0. The van der Waals surface area contributed by atoms with Crippen molar-refractivity contribution in [3.8, 4) is 0 Å². The Kier molecular flexibility index (Phi) is 5.02. The number of benzene rings is 1. The molecule has 0 bridgehead atoms. The second-order valence-corrected chi connectivity index (χ2v) is 10.4. The number of morpholine rings is 1. The summed E-state index contributed by atoms with van der Waals surface area (Å²) in [6.07, 6.45) is 5.17. The van der Waals surface area contributed by atoms with Crippen LogP contribution in [0.25, 0.3) is 11.0 Å². The van der Waals surface area contributed by atoms with Gasteiger partial charge in [0.05, 0.1) is 36.0 Å². The Bertz CT molecular complexity index is 1410. The Morgan fingerprint density at radius 3 is 2.86 bits per heavy atom. The van der Waals surface area contributed by atoms with Gasteiger partial charge in [-0.2, -0.15) is 0 Å². The Hall–Kier alpha value is -3.57. The van der Waals surface area contributed by atoms with Crippen LogP contribution in [0.4, 0.5) is 20.7 Å². The van der Waals surface area contributed by atoms with E-state index in [4.69, 9.17) is 14.0 Å². The molecule has 0 aliphatic carbocycles. The van der Waals surface area contributed by atoms with Crippen molar-refractivity contribution >= 4 is 34.8 Å². The molecule has 2 aromatic heterocycles. The number of carbonyl (C=O) groups excluding carboxylic acids is 1. The summed E-state index contributed by atoms with van der Waals surface area (Å²) in [7, 11) is 0. The number of nitrogens with one attached hydrogen (secondary N) is 1. The summed E-state index contributed by atoms with van der Waals surface area (Å²) < 4.78 is 33.5. The van der Waals surface area contributed by atoms with Crippen molar-refractivity contribution in [1.29, 1.82) is 0 Å². The van der Waals surface area contributed by atoms with E-state index < -0.39 is 18.0 Å². The SMILES string of the molecule is C[C@@H]1CN2c3c(cc4c(N5C(=O)OC[C@@H]5c5ccncc5)noc4c3F)CC3(C=NCNC3)[C@H]2[C@H](C)O1. The number of rotatable bonds is 2. The third-order valence-electron chi connectivity index (χ3n) is 8.01. The molecule has 4 aliphatic heterocycles. The van der Waals surface area contributed by atoms with Crippen LogP contribution in [-0.2, 0) is 15.9 Å². The van der Waals surface area contributed by atoms with Gasteiger partial charge in [-0.15, -0.1) is 0 Å². The van der Waals surface area contributed by atoms with Crippen LogP contribution in [0.2, 0.25) is 0 Å². The van der Waals surface area contributed by atoms with Crippen LogP contribution in [0.3, 0.4) is 0 Å². The summed E-state index contributed by atoms with van der Waals surface area (Å²) in [5.41, 5.74) is 1.85. The number of hydrogen-bond acceptors (Lipinski definition) is 9. The lowest BCUT2D eigenvalue weighted by Gasteiger charge is -2.56. The van der Waals surface area contributed by atoms with Gasteiger partial charge >= 0.3 is 6.09 Å².